The highest BCUT2D eigenvalue weighted by Gasteiger charge is 2.42. The minimum absolute atomic E-state index is 0.0588. The predicted molar refractivity (Wildman–Crippen MR) is 130 cm³/mol. The Balaban J connectivity index is 1.44. The van der Waals surface area contributed by atoms with Crippen molar-refractivity contribution in [2.75, 3.05) is 13.1 Å². The van der Waals surface area contributed by atoms with E-state index in [0.29, 0.717) is 18.0 Å². The molecule has 2 aromatic carbocycles. The van der Waals surface area contributed by atoms with E-state index in [2.05, 4.69) is 31.3 Å². The summed E-state index contributed by atoms with van der Waals surface area (Å²) in [6.07, 6.45) is 4.50. The Kier molecular flexibility index (Phi) is 6.99. The molecule has 6 heteroatoms. The molecule has 2 aromatic rings. The van der Waals surface area contributed by atoms with Crippen LogP contribution >= 0.6 is 11.6 Å². The summed E-state index contributed by atoms with van der Waals surface area (Å²) in [5.41, 5.74) is 1.62. The molecule has 1 aliphatic carbocycles. The molecular weight excluding hydrogens is 436 g/mol. The first-order valence-corrected chi connectivity index (χ1v) is 12.3. The van der Waals surface area contributed by atoms with Crippen LogP contribution in [0.4, 0.5) is 0 Å². The van der Waals surface area contributed by atoms with Crippen LogP contribution in [0.5, 0.6) is 5.75 Å². The Bertz CT molecular complexity index is 1000. The number of halogens is 1. The molecule has 3 atom stereocenters. The van der Waals surface area contributed by atoms with E-state index < -0.39 is 0 Å². The van der Waals surface area contributed by atoms with Crippen LogP contribution in [0, 0.1) is 11.3 Å². The van der Waals surface area contributed by atoms with Crippen molar-refractivity contribution in [3.8, 4) is 5.75 Å². The van der Waals surface area contributed by atoms with Gasteiger partial charge in [0.25, 0.3) is 5.91 Å². The quantitative estimate of drug-likeness (QED) is 0.633. The van der Waals surface area contributed by atoms with Gasteiger partial charge < -0.3 is 15.3 Å². The molecule has 2 fully saturated rings. The first-order valence-electron chi connectivity index (χ1n) is 11.9. The number of phenolic OH excluding ortho intramolecular Hbond substituents is 1. The van der Waals surface area contributed by atoms with E-state index in [1.165, 1.54) is 11.6 Å². The third-order valence-corrected chi connectivity index (χ3v) is 7.57. The van der Waals surface area contributed by atoms with Crippen molar-refractivity contribution < 1.29 is 14.7 Å². The number of piperidine rings is 1. The van der Waals surface area contributed by atoms with Crippen molar-refractivity contribution in [2.24, 2.45) is 11.3 Å². The van der Waals surface area contributed by atoms with Gasteiger partial charge in [-0.2, -0.15) is 0 Å². The molecule has 0 spiro atoms. The molecule has 2 aliphatic rings. The Morgan fingerprint density at radius 1 is 1.06 bits per heavy atom. The minimum Gasteiger partial charge on any atom is -0.508 e. The van der Waals surface area contributed by atoms with Crippen LogP contribution in [0.1, 0.15) is 67.8 Å². The maximum Gasteiger partial charge on any atom is 0.251 e. The first kappa shape index (κ1) is 23.6. The van der Waals surface area contributed by atoms with E-state index in [9.17, 15) is 14.7 Å². The van der Waals surface area contributed by atoms with E-state index >= 15 is 0 Å². The molecule has 1 heterocycles. The zero-order valence-electron chi connectivity index (χ0n) is 19.4. The lowest BCUT2D eigenvalue weighted by atomic mass is 9.70. The van der Waals surface area contributed by atoms with Crippen LogP contribution in [0.25, 0.3) is 0 Å². The van der Waals surface area contributed by atoms with Gasteiger partial charge in [0.05, 0.1) is 5.92 Å². The highest BCUT2D eigenvalue weighted by molar-refractivity contribution is 6.30. The number of aromatic hydroxyl groups is 1. The zero-order valence-corrected chi connectivity index (χ0v) is 20.1. The standard InChI is InChI=1S/C27H33ClN2O3/c1-27(2)17-30(15-14-23(27)18-10-12-20(28)13-11-18)26(33)22-8-3-4-9-24(22)29-25(32)19-6-5-7-21(31)16-19/h5-7,10-13,16,22-24,31H,3-4,8-9,14-15,17H2,1-2H3,(H,29,32). The fourth-order valence-corrected chi connectivity index (χ4v) is 5.72. The predicted octanol–water partition coefficient (Wildman–Crippen LogP) is 5.38. The molecule has 2 amide bonds. The summed E-state index contributed by atoms with van der Waals surface area (Å²) in [5.74, 6) is 0.134. The molecule has 0 aromatic heterocycles. The summed E-state index contributed by atoms with van der Waals surface area (Å²) in [4.78, 5) is 28.4. The second-order valence-electron chi connectivity index (χ2n) is 10.2. The lowest BCUT2D eigenvalue weighted by Crippen LogP contribution is -2.54. The van der Waals surface area contributed by atoms with E-state index in [1.54, 1.807) is 18.2 Å². The van der Waals surface area contributed by atoms with E-state index in [0.717, 1.165) is 43.7 Å². The van der Waals surface area contributed by atoms with Crippen LogP contribution in [0.3, 0.4) is 0 Å². The van der Waals surface area contributed by atoms with Crippen molar-refractivity contribution in [1.29, 1.82) is 0 Å². The van der Waals surface area contributed by atoms with E-state index in [4.69, 9.17) is 11.6 Å². The number of nitrogens with one attached hydrogen (secondary N) is 1. The Morgan fingerprint density at radius 3 is 2.48 bits per heavy atom. The monoisotopic (exact) mass is 468 g/mol. The van der Waals surface area contributed by atoms with Gasteiger partial charge in [0.2, 0.25) is 5.91 Å². The number of rotatable bonds is 4. The summed E-state index contributed by atoms with van der Waals surface area (Å²) in [6.45, 7) is 5.88. The average molecular weight is 469 g/mol. The molecule has 0 bridgehead atoms. The summed E-state index contributed by atoms with van der Waals surface area (Å²) < 4.78 is 0. The van der Waals surface area contributed by atoms with Gasteiger partial charge in [-0.25, -0.2) is 0 Å². The molecule has 33 heavy (non-hydrogen) atoms. The summed E-state index contributed by atoms with van der Waals surface area (Å²) >= 11 is 6.07. The third kappa shape index (κ3) is 5.35. The molecule has 1 saturated carbocycles. The van der Waals surface area contributed by atoms with Crippen molar-refractivity contribution >= 4 is 23.4 Å². The summed E-state index contributed by atoms with van der Waals surface area (Å²) in [5, 5.41) is 13.5. The average Bonchev–Trinajstić information content (AvgIpc) is 2.79. The van der Waals surface area contributed by atoms with Crippen molar-refractivity contribution in [3.63, 3.8) is 0 Å². The fraction of sp³-hybridized carbons (Fsp3) is 0.481. The Morgan fingerprint density at radius 2 is 1.79 bits per heavy atom. The van der Waals surface area contributed by atoms with Gasteiger partial charge in [0.15, 0.2) is 0 Å². The summed E-state index contributed by atoms with van der Waals surface area (Å²) in [6, 6.07) is 14.2. The van der Waals surface area contributed by atoms with Gasteiger partial charge in [0, 0.05) is 29.7 Å². The lowest BCUT2D eigenvalue weighted by Gasteiger charge is -2.46. The number of amides is 2. The molecule has 2 N–H and O–H groups in total. The number of hydrogen-bond donors (Lipinski definition) is 2. The highest BCUT2D eigenvalue weighted by atomic mass is 35.5. The number of nitrogens with zero attached hydrogens (tertiary/aromatic N) is 1. The minimum atomic E-state index is -0.239. The Labute approximate surface area is 201 Å². The fourth-order valence-electron chi connectivity index (χ4n) is 5.59. The second-order valence-corrected chi connectivity index (χ2v) is 10.6. The maximum absolute atomic E-state index is 13.6. The van der Waals surface area contributed by atoms with Gasteiger partial charge in [-0.1, -0.05) is 56.5 Å². The lowest BCUT2D eigenvalue weighted by molar-refractivity contribution is -0.141. The van der Waals surface area contributed by atoms with Gasteiger partial charge >= 0.3 is 0 Å². The van der Waals surface area contributed by atoms with E-state index in [-0.39, 0.29) is 34.9 Å². The molecule has 0 radical (unpaired) electrons. The molecular formula is C27H33ClN2O3. The molecule has 1 saturated heterocycles. The first-order chi connectivity index (χ1) is 15.7. The molecule has 5 nitrogen and oxygen atoms in total. The van der Waals surface area contributed by atoms with Gasteiger partial charge in [-0.05, 0) is 66.5 Å². The van der Waals surface area contributed by atoms with E-state index in [1.807, 2.05) is 17.0 Å². The largest absolute Gasteiger partial charge is 0.508 e. The normalized spacial score (nSPS) is 24.8. The van der Waals surface area contributed by atoms with Crippen molar-refractivity contribution in [3.05, 3.63) is 64.7 Å². The number of benzene rings is 2. The number of hydrogen-bond acceptors (Lipinski definition) is 3. The molecule has 1 aliphatic heterocycles. The van der Waals surface area contributed by atoms with Gasteiger partial charge in [-0.3, -0.25) is 9.59 Å². The Hall–Kier alpha value is -2.53. The maximum atomic E-state index is 13.6. The van der Waals surface area contributed by atoms with Crippen molar-refractivity contribution in [1.82, 2.24) is 10.2 Å². The number of likely N-dealkylation sites (tertiary alicyclic amines) is 1. The number of phenols is 1. The zero-order chi connectivity index (χ0) is 23.6. The number of carbonyl (C=O) groups excluding carboxylic acids is 2. The third-order valence-electron chi connectivity index (χ3n) is 7.32. The van der Waals surface area contributed by atoms with Crippen LogP contribution < -0.4 is 5.32 Å². The SMILES string of the molecule is CC1(C)CN(C(=O)C2CCCCC2NC(=O)c2cccc(O)c2)CCC1c1ccc(Cl)cc1. The van der Waals surface area contributed by atoms with Gasteiger partial charge in [0.1, 0.15) is 5.75 Å². The molecule has 176 valence electrons. The topological polar surface area (TPSA) is 69.6 Å². The summed E-state index contributed by atoms with van der Waals surface area (Å²) in [7, 11) is 0. The van der Waals surface area contributed by atoms with Crippen LogP contribution in [-0.2, 0) is 4.79 Å². The smallest absolute Gasteiger partial charge is 0.251 e. The van der Waals surface area contributed by atoms with Crippen LogP contribution in [0.2, 0.25) is 5.02 Å². The molecule has 3 unspecified atom stereocenters. The molecule has 4 rings (SSSR count). The van der Waals surface area contributed by atoms with Crippen molar-refractivity contribution in [2.45, 2.75) is 57.9 Å². The van der Waals surface area contributed by atoms with Crippen LogP contribution in [-0.4, -0.2) is 41.0 Å². The second kappa shape index (κ2) is 9.76. The van der Waals surface area contributed by atoms with Crippen LogP contribution in [0.15, 0.2) is 48.5 Å². The number of carbonyl (C=O) groups is 2. The van der Waals surface area contributed by atoms with Gasteiger partial charge in [-0.15, -0.1) is 0 Å². The highest BCUT2D eigenvalue weighted by Crippen LogP contribution is 2.43.